The molecule has 1 unspecified atom stereocenters. The van der Waals surface area contributed by atoms with E-state index >= 15 is 0 Å². The van der Waals surface area contributed by atoms with Gasteiger partial charge in [-0.15, -0.1) is 11.8 Å². The van der Waals surface area contributed by atoms with Crippen molar-refractivity contribution in [1.29, 1.82) is 0 Å². The second kappa shape index (κ2) is 6.51. The number of hydrogen-bond acceptors (Lipinski definition) is 5. The van der Waals surface area contributed by atoms with Gasteiger partial charge in [0.05, 0.1) is 6.04 Å². The first-order chi connectivity index (χ1) is 9.20. The molecule has 1 aromatic heterocycles. The Labute approximate surface area is 115 Å². The lowest BCUT2D eigenvalue weighted by atomic mass is 10.1. The van der Waals surface area contributed by atoms with Gasteiger partial charge in [-0.05, 0) is 30.3 Å². The number of nitrogens with one attached hydrogen (secondary N) is 1. The molecule has 1 aromatic carbocycles. The molecule has 2 rings (SSSR count). The summed E-state index contributed by atoms with van der Waals surface area (Å²) < 4.78 is 12.8. The minimum Gasteiger partial charge on any atom is -0.398 e. The molecule has 0 radical (unpaired) electrons. The van der Waals surface area contributed by atoms with E-state index in [0.29, 0.717) is 11.4 Å². The van der Waals surface area contributed by atoms with Gasteiger partial charge in [0.15, 0.2) is 0 Å². The maximum absolute atomic E-state index is 12.8. The first-order valence-electron chi connectivity index (χ1n) is 5.74. The molecule has 100 valence electrons. The third-order valence-corrected chi connectivity index (χ3v) is 3.80. The van der Waals surface area contributed by atoms with Crippen molar-refractivity contribution >= 4 is 17.4 Å². The number of nitrogen functional groups attached to an aromatic ring is 1. The van der Waals surface area contributed by atoms with Crippen molar-refractivity contribution in [2.75, 3.05) is 11.5 Å². The highest BCUT2D eigenvalue weighted by atomic mass is 32.2. The topological polar surface area (TPSA) is 77.0 Å². The fraction of sp³-hybridized carbons (Fsp3) is 0.154. The van der Waals surface area contributed by atoms with Crippen LogP contribution in [0.5, 0.6) is 0 Å². The van der Waals surface area contributed by atoms with Gasteiger partial charge in [0.2, 0.25) is 0 Å². The summed E-state index contributed by atoms with van der Waals surface area (Å²) in [4.78, 5) is 5.02. The van der Waals surface area contributed by atoms with Crippen molar-refractivity contribution < 1.29 is 4.39 Å². The minimum atomic E-state index is -0.241. The van der Waals surface area contributed by atoms with Crippen LogP contribution in [0.25, 0.3) is 0 Å². The highest BCUT2D eigenvalue weighted by Gasteiger charge is 2.13. The molecule has 4 nitrogen and oxygen atoms in total. The van der Waals surface area contributed by atoms with Crippen molar-refractivity contribution in [2.24, 2.45) is 5.84 Å². The predicted octanol–water partition coefficient (Wildman–Crippen LogP) is 2.10. The predicted molar refractivity (Wildman–Crippen MR) is 75.8 cm³/mol. The monoisotopic (exact) mass is 278 g/mol. The van der Waals surface area contributed by atoms with E-state index in [1.807, 2.05) is 0 Å². The van der Waals surface area contributed by atoms with Gasteiger partial charge in [-0.1, -0.05) is 0 Å². The minimum absolute atomic E-state index is 0.108. The van der Waals surface area contributed by atoms with Gasteiger partial charge in [0.1, 0.15) is 5.82 Å². The largest absolute Gasteiger partial charge is 0.398 e. The molecule has 0 saturated carbocycles. The zero-order valence-electron chi connectivity index (χ0n) is 10.2. The molecule has 2 aromatic rings. The van der Waals surface area contributed by atoms with Gasteiger partial charge in [0.25, 0.3) is 0 Å². The number of benzene rings is 1. The lowest BCUT2D eigenvalue weighted by Gasteiger charge is -2.17. The third-order valence-electron chi connectivity index (χ3n) is 2.69. The van der Waals surface area contributed by atoms with Crippen LogP contribution in [0.2, 0.25) is 0 Å². The Morgan fingerprint density at radius 2 is 2.00 bits per heavy atom. The van der Waals surface area contributed by atoms with E-state index in [2.05, 4.69) is 10.4 Å². The zero-order chi connectivity index (χ0) is 13.7. The molecule has 0 fully saturated rings. The first-order valence-corrected chi connectivity index (χ1v) is 6.73. The van der Waals surface area contributed by atoms with Crippen LogP contribution in [0.4, 0.5) is 10.1 Å². The summed E-state index contributed by atoms with van der Waals surface area (Å²) in [6, 6.07) is 7.98. The summed E-state index contributed by atoms with van der Waals surface area (Å²) in [5.74, 6) is 5.99. The van der Waals surface area contributed by atoms with E-state index in [4.69, 9.17) is 11.6 Å². The quantitative estimate of drug-likeness (QED) is 0.443. The lowest BCUT2D eigenvalue weighted by molar-refractivity contribution is 0.610. The summed E-state index contributed by atoms with van der Waals surface area (Å²) in [5.41, 5.74) is 10.1. The molecule has 0 aliphatic rings. The molecule has 5 N–H and O–H groups in total. The molecule has 0 amide bonds. The fourth-order valence-corrected chi connectivity index (χ4v) is 2.61. The Hall–Kier alpha value is -1.63. The van der Waals surface area contributed by atoms with Crippen LogP contribution in [0.15, 0.2) is 47.6 Å². The van der Waals surface area contributed by atoms with Crippen LogP contribution in [0.3, 0.4) is 0 Å². The number of nitrogens with two attached hydrogens (primary N) is 2. The molecule has 19 heavy (non-hydrogen) atoms. The number of halogens is 1. The number of pyridine rings is 1. The van der Waals surface area contributed by atoms with Crippen molar-refractivity contribution in [1.82, 2.24) is 10.4 Å². The number of anilines is 1. The Morgan fingerprint density at radius 3 is 2.63 bits per heavy atom. The average Bonchev–Trinajstić information content (AvgIpc) is 2.43. The van der Waals surface area contributed by atoms with Crippen LogP contribution in [-0.2, 0) is 0 Å². The molecule has 0 saturated heterocycles. The molecule has 0 bridgehead atoms. The number of aromatic nitrogens is 1. The van der Waals surface area contributed by atoms with Gasteiger partial charge in [-0.3, -0.25) is 16.3 Å². The van der Waals surface area contributed by atoms with E-state index < -0.39 is 0 Å². The molecule has 6 heteroatoms. The summed E-state index contributed by atoms with van der Waals surface area (Å²) in [7, 11) is 0. The van der Waals surface area contributed by atoms with Crippen LogP contribution in [-0.4, -0.2) is 10.7 Å². The van der Waals surface area contributed by atoms with Crippen molar-refractivity contribution in [2.45, 2.75) is 10.9 Å². The van der Waals surface area contributed by atoms with Gasteiger partial charge >= 0.3 is 0 Å². The van der Waals surface area contributed by atoms with Gasteiger partial charge in [-0.2, -0.15) is 0 Å². The lowest BCUT2D eigenvalue weighted by Crippen LogP contribution is -2.30. The van der Waals surface area contributed by atoms with Crippen LogP contribution in [0.1, 0.15) is 11.6 Å². The number of nitrogens with zero attached hydrogens (tertiary/aromatic N) is 1. The second-order valence-electron chi connectivity index (χ2n) is 3.99. The van der Waals surface area contributed by atoms with Crippen LogP contribution in [0, 0.1) is 5.82 Å². The van der Waals surface area contributed by atoms with E-state index in [0.717, 1.165) is 10.5 Å². The van der Waals surface area contributed by atoms with Crippen molar-refractivity contribution in [3.8, 4) is 0 Å². The number of hydrogen-bond donors (Lipinski definition) is 3. The van der Waals surface area contributed by atoms with Gasteiger partial charge in [0, 0.05) is 34.3 Å². The summed E-state index contributed by atoms with van der Waals surface area (Å²) in [6.45, 7) is 0. The Bertz CT molecular complexity index is 532. The van der Waals surface area contributed by atoms with Crippen molar-refractivity contribution in [3.63, 3.8) is 0 Å². The Kier molecular flexibility index (Phi) is 4.73. The smallest absolute Gasteiger partial charge is 0.123 e. The average molecular weight is 278 g/mol. The molecule has 0 aliphatic heterocycles. The molecular weight excluding hydrogens is 263 g/mol. The fourth-order valence-electron chi connectivity index (χ4n) is 1.65. The third kappa shape index (κ3) is 3.66. The summed E-state index contributed by atoms with van der Waals surface area (Å²) in [6.07, 6.45) is 3.34. The van der Waals surface area contributed by atoms with E-state index in [1.54, 1.807) is 42.4 Å². The van der Waals surface area contributed by atoms with Crippen LogP contribution >= 0.6 is 11.8 Å². The second-order valence-corrected chi connectivity index (χ2v) is 5.08. The number of hydrazine groups is 1. The van der Waals surface area contributed by atoms with E-state index in [1.165, 1.54) is 12.1 Å². The molecule has 1 atom stereocenters. The molecular formula is C13H15FN4S. The SMILES string of the molecule is NNC(CSc1ccc(F)cc1)c1cnccc1N. The maximum Gasteiger partial charge on any atom is 0.123 e. The van der Waals surface area contributed by atoms with Crippen LogP contribution < -0.4 is 17.0 Å². The zero-order valence-corrected chi connectivity index (χ0v) is 11.0. The van der Waals surface area contributed by atoms with E-state index in [9.17, 15) is 4.39 Å². The van der Waals surface area contributed by atoms with E-state index in [-0.39, 0.29) is 11.9 Å². The Morgan fingerprint density at radius 1 is 1.26 bits per heavy atom. The molecule has 0 spiro atoms. The summed E-state index contributed by atoms with van der Waals surface area (Å²) in [5, 5.41) is 0. The van der Waals surface area contributed by atoms with Gasteiger partial charge < -0.3 is 5.73 Å². The van der Waals surface area contributed by atoms with Gasteiger partial charge in [-0.25, -0.2) is 4.39 Å². The summed E-state index contributed by atoms with van der Waals surface area (Å²) >= 11 is 1.57. The van der Waals surface area contributed by atoms with Crippen molar-refractivity contribution in [3.05, 3.63) is 54.1 Å². The standard InChI is InChI=1S/C13H15FN4S/c14-9-1-3-10(4-2-9)19-8-13(18-16)11-7-17-6-5-12(11)15/h1-7,13,18H,8,16H2,(H2,15,17). The molecule has 0 aliphatic carbocycles. The number of thioether (sulfide) groups is 1. The highest BCUT2D eigenvalue weighted by Crippen LogP contribution is 2.26. The first kappa shape index (κ1) is 13.8. The highest BCUT2D eigenvalue weighted by molar-refractivity contribution is 7.99. The number of rotatable bonds is 5. The normalized spacial score (nSPS) is 12.3. The Balaban J connectivity index is 2.04. The molecule has 1 heterocycles. The maximum atomic E-state index is 12.8.